The molecular weight excluding hydrogens is 643 g/mol. The van der Waals surface area contributed by atoms with E-state index >= 15 is 0 Å². The Morgan fingerprint density at radius 3 is 2.15 bits per heavy atom. The molecule has 12 heteroatoms. The van der Waals surface area contributed by atoms with E-state index < -0.39 is 36.8 Å². The average molecular weight is 679 g/mol. The highest BCUT2D eigenvalue weighted by Crippen LogP contribution is 2.42. The number of esters is 1. The Morgan fingerprint density at radius 1 is 0.830 bits per heavy atom. The summed E-state index contributed by atoms with van der Waals surface area (Å²) >= 11 is 1.37. The summed E-state index contributed by atoms with van der Waals surface area (Å²) in [6, 6.07) is 18.1. The molecule has 4 aromatic rings. The van der Waals surface area contributed by atoms with Gasteiger partial charge >= 0.3 is 18.1 Å². The highest BCUT2D eigenvalue weighted by Gasteiger charge is 2.56. The number of alkyl halides is 5. The van der Waals surface area contributed by atoms with Crippen LogP contribution in [-0.4, -0.2) is 47.3 Å². The Morgan fingerprint density at radius 2 is 1.49 bits per heavy atom. The highest BCUT2D eigenvalue weighted by molar-refractivity contribution is 7.22. The van der Waals surface area contributed by atoms with Gasteiger partial charge in [0.2, 0.25) is 0 Å². The second-order valence-corrected chi connectivity index (χ2v) is 12.2. The van der Waals surface area contributed by atoms with Gasteiger partial charge in [-0.25, -0.2) is 0 Å². The number of phenolic OH excluding ortho intramolecular Hbond substituents is 2. The minimum absolute atomic E-state index is 0.0836. The van der Waals surface area contributed by atoms with Crippen molar-refractivity contribution in [2.75, 3.05) is 13.2 Å². The summed E-state index contributed by atoms with van der Waals surface area (Å²) in [5.41, 5.74) is 1.67. The van der Waals surface area contributed by atoms with Crippen LogP contribution in [0.25, 0.3) is 20.5 Å². The predicted molar refractivity (Wildman–Crippen MR) is 169 cm³/mol. The number of benzene rings is 3. The van der Waals surface area contributed by atoms with Gasteiger partial charge in [-0.15, -0.1) is 11.3 Å². The summed E-state index contributed by atoms with van der Waals surface area (Å²) in [5, 5.41) is 20.4. The van der Waals surface area contributed by atoms with E-state index in [1.54, 1.807) is 67.6 Å². The van der Waals surface area contributed by atoms with E-state index in [1.165, 1.54) is 17.4 Å². The standard InChI is InChI=1S/C35H35F5O6S/c1-2-45-33(44)24(8-6-19-34(36,37)35(38,39)40)7-4-3-5-20-46-27-16-11-22(12-17-27)31(43)30-28-18-15-26(42)21-29(28)47-32(30)23-9-13-25(41)14-10-23/h9-18,21,24,41-42H,2-8,19-20H2,1H3. The third-order valence-electron chi connectivity index (χ3n) is 7.69. The first-order chi connectivity index (χ1) is 22.3. The molecule has 1 aromatic heterocycles. The molecule has 0 amide bonds. The van der Waals surface area contributed by atoms with Gasteiger partial charge in [-0.2, -0.15) is 22.0 Å². The minimum Gasteiger partial charge on any atom is -0.508 e. The molecule has 0 aliphatic heterocycles. The summed E-state index contributed by atoms with van der Waals surface area (Å²) in [5.74, 6) is -5.64. The van der Waals surface area contributed by atoms with Crippen molar-refractivity contribution < 1.29 is 51.2 Å². The van der Waals surface area contributed by atoms with Crippen LogP contribution in [-0.2, 0) is 9.53 Å². The molecule has 0 saturated carbocycles. The van der Waals surface area contributed by atoms with Crippen LogP contribution >= 0.6 is 11.3 Å². The molecule has 0 bridgehead atoms. The predicted octanol–water partition coefficient (Wildman–Crippen LogP) is 9.70. The van der Waals surface area contributed by atoms with Crippen molar-refractivity contribution in [1.29, 1.82) is 0 Å². The van der Waals surface area contributed by atoms with Crippen LogP contribution in [0.1, 0.15) is 67.8 Å². The van der Waals surface area contributed by atoms with Gasteiger partial charge in [0.05, 0.1) is 19.1 Å². The van der Waals surface area contributed by atoms with Gasteiger partial charge < -0.3 is 19.7 Å². The molecule has 4 rings (SSSR count). The van der Waals surface area contributed by atoms with E-state index in [4.69, 9.17) is 9.47 Å². The molecule has 0 aliphatic rings. The second-order valence-electron chi connectivity index (χ2n) is 11.1. The van der Waals surface area contributed by atoms with Crippen LogP contribution in [0.5, 0.6) is 17.2 Å². The van der Waals surface area contributed by atoms with Crippen LogP contribution in [0.15, 0.2) is 66.7 Å². The third-order valence-corrected chi connectivity index (χ3v) is 8.89. The minimum atomic E-state index is -5.62. The van der Waals surface area contributed by atoms with E-state index in [9.17, 15) is 41.8 Å². The summed E-state index contributed by atoms with van der Waals surface area (Å²) in [4.78, 5) is 26.7. The topological polar surface area (TPSA) is 93.1 Å². The first kappa shape index (κ1) is 35.7. The maximum atomic E-state index is 13.7. The lowest BCUT2D eigenvalue weighted by Gasteiger charge is -2.21. The molecule has 47 heavy (non-hydrogen) atoms. The van der Waals surface area contributed by atoms with Crippen molar-refractivity contribution >= 4 is 33.2 Å². The number of rotatable bonds is 16. The summed E-state index contributed by atoms with van der Waals surface area (Å²) in [7, 11) is 0. The number of hydrogen-bond donors (Lipinski definition) is 2. The Kier molecular flexibility index (Phi) is 11.8. The van der Waals surface area contributed by atoms with Crippen LogP contribution in [0.4, 0.5) is 22.0 Å². The van der Waals surface area contributed by atoms with Gasteiger partial charge in [0.15, 0.2) is 5.78 Å². The van der Waals surface area contributed by atoms with Crippen molar-refractivity contribution in [3.8, 4) is 27.7 Å². The van der Waals surface area contributed by atoms with Crippen LogP contribution in [0.3, 0.4) is 0 Å². The first-order valence-electron chi connectivity index (χ1n) is 15.2. The SMILES string of the molecule is CCOC(=O)C(CCCCCOc1ccc(C(=O)c2c(-c3ccc(O)cc3)sc3cc(O)ccc23)cc1)CCCC(F)(F)C(F)(F)F. The molecule has 1 atom stereocenters. The number of thiophene rings is 1. The molecule has 2 N–H and O–H groups in total. The molecule has 252 valence electrons. The quantitative estimate of drug-likeness (QED) is 0.0531. The third kappa shape index (κ3) is 9.21. The number of hydrogen-bond acceptors (Lipinski definition) is 7. The maximum absolute atomic E-state index is 13.7. The van der Waals surface area contributed by atoms with Gasteiger partial charge in [0.1, 0.15) is 17.2 Å². The smallest absolute Gasteiger partial charge is 0.453 e. The number of unbranched alkanes of at least 4 members (excludes halogenated alkanes) is 2. The molecule has 0 radical (unpaired) electrons. The zero-order valence-electron chi connectivity index (χ0n) is 25.6. The van der Waals surface area contributed by atoms with Gasteiger partial charge in [0.25, 0.3) is 0 Å². The molecule has 1 heterocycles. The Balaban J connectivity index is 1.31. The second kappa shape index (κ2) is 15.6. The molecule has 3 aromatic carbocycles. The fourth-order valence-corrected chi connectivity index (χ4v) is 6.42. The lowest BCUT2D eigenvalue weighted by atomic mass is 9.94. The largest absolute Gasteiger partial charge is 0.508 e. The van der Waals surface area contributed by atoms with Crippen LogP contribution in [0, 0.1) is 5.92 Å². The van der Waals surface area contributed by atoms with E-state index in [1.807, 2.05) is 0 Å². The van der Waals surface area contributed by atoms with Gasteiger partial charge in [-0.05, 0) is 105 Å². The molecule has 1 unspecified atom stereocenters. The lowest BCUT2D eigenvalue weighted by molar-refractivity contribution is -0.284. The number of phenols is 2. The van der Waals surface area contributed by atoms with Gasteiger partial charge in [-0.1, -0.05) is 12.8 Å². The number of ether oxygens (including phenoxy) is 2. The number of ketones is 1. The Hall–Kier alpha value is -4.19. The summed E-state index contributed by atoms with van der Waals surface area (Å²) < 4.78 is 75.4. The van der Waals surface area contributed by atoms with E-state index in [0.717, 1.165) is 10.3 Å². The van der Waals surface area contributed by atoms with Crippen molar-refractivity contribution in [2.24, 2.45) is 5.92 Å². The van der Waals surface area contributed by atoms with Gasteiger partial charge in [0, 0.05) is 32.5 Å². The highest BCUT2D eigenvalue weighted by atomic mass is 32.1. The van der Waals surface area contributed by atoms with Gasteiger partial charge in [-0.3, -0.25) is 9.59 Å². The summed E-state index contributed by atoms with van der Waals surface area (Å²) in [6.07, 6.45) is -5.50. The van der Waals surface area contributed by atoms with Crippen molar-refractivity contribution in [3.05, 3.63) is 77.9 Å². The molecule has 0 saturated heterocycles. The lowest BCUT2D eigenvalue weighted by Crippen LogP contribution is -2.36. The van der Waals surface area contributed by atoms with Crippen LogP contribution < -0.4 is 4.74 Å². The van der Waals surface area contributed by atoms with Crippen molar-refractivity contribution in [3.63, 3.8) is 0 Å². The fraction of sp³-hybridized carbons (Fsp3) is 0.371. The van der Waals surface area contributed by atoms with Crippen LogP contribution in [0.2, 0.25) is 0 Å². The number of aromatic hydroxyl groups is 2. The zero-order valence-corrected chi connectivity index (χ0v) is 26.4. The first-order valence-corrected chi connectivity index (χ1v) is 16.1. The molecule has 0 fully saturated rings. The number of halogens is 5. The number of carbonyl (C=O) groups is 2. The average Bonchev–Trinajstić information content (AvgIpc) is 3.40. The monoisotopic (exact) mass is 678 g/mol. The number of carbonyl (C=O) groups excluding carboxylic acids is 2. The molecule has 0 spiro atoms. The van der Waals surface area contributed by atoms with Crippen molar-refractivity contribution in [2.45, 2.75) is 64.0 Å². The Labute approximate surface area is 272 Å². The molecule has 0 aliphatic carbocycles. The zero-order chi connectivity index (χ0) is 34.2. The summed E-state index contributed by atoms with van der Waals surface area (Å²) in [6.45, 7) is 2.01. The maximum Gasteiger partial charge on any atom is 0.453 e. The molecular formula is C35H35F5O6S. The van der Waals surface area contributed by atoms with E-state index in [-0.39, 0.29) is 30.3 Å². The molecule has 6 nitrogen and oxygen atoms in total. The van der Waals surface area contributed by atoms with E-state index in [2.05, 4.69) is 0 Å². The van der Waals surface area contributed by atoms with E-state index in [0.29, 0.717) is 59.4 Å². The Bertz CT molecular complexity index is 1650. The number of fused-ring (bicyclic) bond motifs is 1. The van der Waals surface area contributed by atoms with Crippen molar-refractivity contribution in [1.82, 2.24) is 0 Å². The fourth-order valence-electron chi connectivity index (χ4n) is 5.19. The normalized spacial score (nSPS) is 12.6.